The van der Waals surface area contributed by atoms with Crippen LogP contribution < -0.4 is 4.90 Å². The van der Waals surface area contributed by atoms with Crippen molar-refractivity contribution in [2.24, 2.45) is 0 Å². The van der Waals surface area contributed by atoms with E-state index >= 15 is 0 Å². The van der Waals surface area contributed by atoms with Gasteiger partial charge in [0, 0.05) is 13.1 Å². The van der Waals surface area contributed by atoms with E-state index in [1.807, 2.05) is 13.8 Å². The van der Waals surface area contributed by atoms with Crippen molar-refractivity contribution in [3.8, 4) is 0 Å². The van der Waals surface area contributed by atoms with Crippen molar-refractivity contribution in [2.45, 2.75) is 32.3 Å². The second kappa shape index (κ2) is 4.13. The number of piperidine rings is 1. The minimum absolute atomic E-state index is 0.619. The Balaban J connectivity index is 2.06. The first-order valence-electron chi connectivity index (χ1n) is 6.11. The lowest BCUT2D eigenvalue weighted by atomic mass is 9.95. The second-order valence-corrected chi connectivity index (χ2v) is 5.92. The Kier molecular flexibility index (Phi) is 2.71. The van der Waals surface area contributed by atoms with Gasteiger partial charge in [-0.15, -0.1) is 0 Å². The first-order valence-corrected chi connectivity index (χ1v) is 6.88. The Morgan fingerprint density at radius 2 is 2.28 bits per heavy atom. The van der Waals surface area contributed by atoms with Gasteiger partial charge in [-0.25, -0.2) is 9.97 Å². The molecule has 1 N–H and O–H groups in total. The molecule has 96 valence electrons. The van der Waals surface area contributed by atoms with E-state index in [2.05, 4.69) is 19.2 Å². The van der Waals surface area contributed by atoms with Gasteiger partial charge in [-0.05, 0) is 38.2 Å². The average molecular weight is 264 g/mol. The van der Waals surface area contributed by atoms with Crippen LogP contribution >= 0.6 is 11.5 Å². The SMILES string of the molecule is Cc1nsc2ncnc(N3CCCC(C)(O)C3)c12. The van der Waals surface area contributed by atoms with Crippen molar-refractivity contribution in [3.63, 3.8) is 0 Å². The fraction of sp³-hybridized carbons (Fsp3) is 0.583. The molecule has 0 amide bonds. The fourth-order valence-corrected chi connectivity index (χ4v) is 3.28. The highest BCUT2D eigenvalue weighted by Gasteiger charge is 2.30. The van der Waals surface area contributed by atoms with Gasteiger partial charge in [0.05, 0.1) is 16.7 Å². The average Bonchev–Trinajstić information content (AvgIpc) is 2.70. The maximum atomic E-state index is 10.2. The molecule has 1 aliphatic heterocycles. The summed E-state index contributed by atoms with van der Waals surface area (Å²) in [5, 5.41) is 11.2. The van der Waals surface area contributed by atoms with Crippen molar-refractivity contribution in [2.75, 3.05) is 18.0 Å². The third kappa shape index (κ3) is 1.95. The molecule has 18 heavy (non-hydrogen) atoms. The van der Waals surface area contributed by atoms with Crippen LogP contribution in [0.1, 0.15) is 25.5 Å². The molecule has 0 bridgehead atoms. The molecule has 5 nitrogen and oxygen atoms in total. The fourth-order valence-electron chi connectivity index (χ4n) is 2.54. The van der Waals surface area contributed by atoms with Crippen LogP contribution in [0.4, 0.5) is 5.82 Å². The van der Waals surface area contributed by atoms with Gasteiger partial charge in [0.25, 0.3) is 0 Å². The topological polar surface area (TPSA) is 62.1 Å². The highest BCUT2D eigenvalue weighted by molar-refractivity contribution is 7.13. The van der Waals surface area contributed by atoms with E-state index in [0.29, 0.717) is 6.54 Å². The highest BCUT2D eigenvalue weighted by Crippen LogP contribution is 2.31. The molecule has 1 unspecified atom stereocenters. The third-order valence-electron chi connectivity index (χ3n) is 3.40. The molecule has 1 aliphatic rings. The Morgan fingerprint density at radius 1 is 1.44 bits per heavy atom. The van der Waals surface area contributed by atoms with Crippen LogP contribution in [-0.4, -0.2) is 38.1 Å². The van der Waals surface area contributed by atoms with E-state index in [0.717, 1.165) is 41.1 Å². The van der Waals surface area contributed by atoms with Crippen molar-refractivity contribution >= 4 is 27.6 Å². The molecule has 2 aromatic heterocycles. The summed E-state index contributed by atoms with van der Waals surface area (Å²) in [4.78, 5) is 11.7. The molecule has 3 heterocycles. The van der Waals surface area contributed by atoms with Crippen molar-refractivity contribution in [3.05, 3.63) is 12.0 Å². The summed E-state index contributed by atoms with van der Waals surface area (Å²) in [6.45, 7) is 5.41. The minimum Gasteiger partial charge on any atom is -0.388 e. The van der Waals surface area contributed by atoms with Gasteiger partial charge in [-0.2, -0.15) is 4.37 Å². The van der Waals surface area contributed by atoms with Gasteiger partial charge < -0.3 is 10.0 Å². The number of nitrogens with zero attached hydrogens (tertiary/aromatic N) is 4. The number of anilines is 1. The molecular weight excluding hydrogens is 248 g/mol. The molecule has 1 saturated heterocycles. The van der Waals surface area contributed by atoms with Gasteiger partial charge >= 0.3 is 0 Å². The smallest absolute Gasteiger partial charge is 0.149 e. The summed E-state index contributed by atoms with van der Waals surface area (Å²) in [6.07, 6.45) is 3.41. The van der Waals surface area contributed by atoms with E-state index in [1.165, 1.54) is 11.5 Å². The zero-order valence-corrected chi connectivity index (χ0v) is 11.4. The summed E-state index contributed by atoms with van der Waals surface area (Å²) in [5.41, 5.74) is 0.336. The first-order chi connectivity index (χ1) is 8.57. The summed E-state index contributed by atoms with van der Waals surface area (Å²) in [7, 11) is 0. The summed E-state index contributed by atoms with van der Waals surface area (Å²) in [6, 6.07) is 0. The number of β-amino-alcohol motifs (C(OH)–C–C–N with tert-alkyl or cyclic N) is 1. The minimum atomic E-state index is -0.632. The van der Waals surface area contributed by atoms with Crippen LogP contribution in [0.25, 0.3) is 10.2 Å². The second-order valence-electron chi connectivity index (χ2n) is 5.17. The molecule has 6 heteroatoms. The number of aryl methyl sites for hydroxylation is 1. The molecule has 3 rings (SSSR count). The van der Waals surface area contributed by atoms with Crippen LogP contribution in [0.2, 0.25) is 0 Å². The Hall–Kier alpha value is -1.27. The predicted molar refractivity (Wildman–Crippen MR) is 72.0 cm³/mol. The van der Waals surface area contributed by atoms with Crippen LogP contribution in [0, 0.1) is 6.92 Å². The van der Waals surface area contributed by atoms with Crippen molar-refractivity contribution in [1.82, 2.24) is 14.3 Å². The molecule has 0 spiro atoms. The van der Waals surface area contributed by atoms with E-state index in [-0.39, 0.29) is 0 Å². The maximum Gasteiger partial charge on any atom is 0.149 e. The van der Waals surface area contributed by atoms with E-state index in [4.69, 9.17) is 0 Å². The highest BCUT2D eigenvalue weighted by atomic mass is 32.1. The standard InChI is InChI=1S/C12H16N4OS/c1-8-9-10(13-7-14-11(9)18-15-8)16-5-3-4-12(2,17)6-16/h7,17H,3-6H2,1-2H3. The molecule has 2 aromatic rings. The molecule has 0 radical (unpaired) electrons. The van der Waals surface area contributed by atoms with Gasteiger partial charge in [-0.1, -0.05) is 0 Å². The lowest BCUT2D eigenvalue weighted by Gasteiger charge is -2.37. The maximum absolute atomic E-state index is 10.2. The number of fused-ring (bicyclic) bond motifs is 1. The van der Waals surface area contributed by atoms with Gasteiger partial charge in [0.2, 0.25) is 0 Å². The molecule has 1 fully saturated rings. The van der Waals surface area contributed by atoms with Crippen LogP contribution in [0.15, 0.2) is 6.33 Å². The molecule has 0 aliphatic carbocycles. The third-order valence-corrected chi connectivity index (χ3v) is 4.25. The first kappa shape index (κ1) is 11.8. The summed E-state index contributed by atoms with van der Waals surface area (Å²) in [5.74, 6) is 0.909. The largest absolute Gasteiger partial charge is 0.388 e. The molecular formula is C12H16N4OS. The number of hydrogen-bond acceptors (Lipinski definition) is 6. The van der Waals surface area contributed by atoms with Gasteiger partial charge in [0.15, 0.2) is 0 Å². The molecule has 1 atom stereocenters. The monoisotopic (exact) mass is 264 g/mol. The lowest BCUT2D eigenvalue weighted by molar-refractivity contribution is 0.0448. The van der Waals surface area contributed by atoms with Gasteiger partial charge in [0.1, 0.15) is 17.0 Å². The zero-order valence-electron chi connectivity index (χ0n) is 10.6. The molecule has 0 saturated carbocycles. The summed E-state index contributed by atoms with van der Waals surface area (Å²) >= 11 is 1.40. The van der Waals surface area contributed by atoms with Crippen molar-refractivity contribution < 1.29 is 5.11 Å². The van der Waals surface area contributed by atoms with E-state index in [9.17, 15) is 5.11 Å². The van der Waals surface area contributed by atoms with Gasteiger partial charge in [-0.3, -0.25) is 0 Å². The van der Waals surface area contributed by atoms with Crippen LogP contribution in [-0.2, 0) is 0 Å². The quantitative estimate of drug-likeness (QED) is 0.850. The Morgan fingerprint density at radius 3 is 3.06 bits per heavy atom. The van der Waals surface area contributed by atoms with Crippen molar-refractivity contribution in [1.29, 1.82) is 0 Å². The number of rotatable bonds is 1. The lowest BCUT2D eigenvalue weighted by Crippen LogP contribution is -2.46. The normalized spacial score (nSPS) is 24.7. The number of aromatic nitrogens is 3. The number of hydrogen-bond donors (Lipinski definition) is 1. The molecule has 0 aromatic carbocycles. The predicted octanol–water partition coefficient (Wildman–Crippen LogP) is 1.75. The van der Waals surface area contributed by atoms with Crippen LogP contribution in [0.5, 0.6) is 0 Å². The zero-order chi connectivity index (χ0) is 12.8. The number of aliphatic hydroxyl groups is 1. The Bertz CT molecular complexity index is 580. The summed E-state index contributed by atoms with van der Waals surface area (Å²) < 4.78 is 4.34. The van der Waals surface area contributed by atoms with E-state index < -0.39 is 5.60 Å². The van der Waals surface area contributed by atoms with E-state index in [1.54, 1.807) is 6.33 Å². The Labute approximate surface area is 110 Å². The van der Waals surface area contributed by atoms with Crippen LogP contribution in [0.3, 0.4) is 0 Å².